The molecule has 1 N–H and O–H groups in total. The summed E-state index contributed by atoms with van der Waals surface area (Å²) in [7, 11) is -1.44. The molecule has 134 valence electrons. The SMILES string of the molecule is C[Si](C)(C)CCOC(=O)C(=CCCCCCl)NC(=O)C(F)(F)F. The summed E-state index contributed by atoms with van der Waals surface area (Å²) in [4.78, 5) is 22.9. The molecule has 0 heterocycles. The first-order valence-electron chi connectivity index (χ1n) is 7.29. The summed E-state index contributed by atoms with van der Waals surface area (Å²) >= 11 is 5.51. The van der Waals surface area contributed by atoms with Gasteiger partial charge in [0.05, 0.1) is 6.61 Å². The number of rotatable bonds is 9. The number of esters is 1. The maximum atomic E-state index is 12.3. The molecule has 0 bridgehead atoms. The lowest BCUT2D eigenvalue weighted by Crippen LogP contribution is -2.38. The standard InChI is InChI=1S/C14H23ClF3NO3Si/c1-23(2,3)10-9-22-12(20)11(7-5-4-6-8-15)19-13(21)14(16,17)18/h7H,4-6,8-10H2,1-3H3,(H,19,21). The van der Waals surface area contributed by atoms with Crippen molar-refractivity contribution >= 4 is 31.6 Å². The number of amides is 1. The van der Waals surface area contributed by atoms with Gasteiger partial charge in [-0.15, -0.1) is 11.6 Å². The number of halogens is 4. The zero-order valence-corrected chi connectivity index (χ0v) is 15.3. The molecular formula is C14H23ClF3NO3Si. The van der Waals surface area contributed by atoms with Crippen LogP contribution in [0, 0.1) is 0 Å². The number of carbonyl (C=O) groups excluding carboxylic acids is 2. The molecule has 4 nitrogen and oxygen atoms in total. The lowest BCUT2D eigenvalue weighted by molar-refractivity contribution is -0.173. The zero-order chi connectivity index (χ0) is 18.1. The molecule has 0 saturated carbocycles. The smallest absolute Gasteiger partial charge is 0.461 e. The van der Waals surface area contributed by atoms with Crippen LogP contribution in [0.5, 0.6) is 0 Å². The van der Waals surface area contributed by atoms with Gasteiger partial charge < -0.3 is 10.1 Å². The monoisotopic (exact) mass is 373 g/mol. The molecule has 0 radical (unpaired) electrons. The van der Waals surface area contributed by atoms with Crippen molar-refractivity contribution in [2.24, 2.45) is 0 Å². The maximum Gasteiger partial charge on any atom is 0.471 e. The predicted molar refractivity (Wildman–Crippen MR) is 86.0 cm³/mol. The Morgan fingerprint density at radius 2 is 1.83 bits per heavy atom. The fraction of sp³-hybridized carbons (Fsp3) is 0.714. The fourth-order valence-corrected chi connectivity index (χ4v) is 2.29. The summed E-state index contributed by atoms with van der Waals surface area (Å²) in [5.41, 5.74) is -0.475. The minimum atomic E-state index is -5.06. The van der Waals surface area contributed by atoms with Gasteiger partial charge in [0, 0.05) is 14.0 Å². The van der Waals surface area contributed by atoms with E-state index in [-0.39, 0.29) is 6.61 Å². The summed E-state index contributed by atoms with van der Waals surface area (Å²) in [5, 5.41) is 1.58. The third-order valence-electron chi connectivity index (χ3n) is 2.75. The second-order valence-electron chi connectivity index (χ2n) is 6.20. The molecule has 0 atom stereocenters. The number of hydrogen-bond acceptors (Lipinski definition) is 3. The average Bonchev–Trinajstić information content (AvgIpc) is 2.39. The summed E-state index contributed by atoms with van der Waals surface area (Å²) in [6.07, 6.45) is -2.25. The first-order chi connectivity index (χ1) is 10.5. The maximum absolute atomic E-state index is 12.3. The van der Waals surface area contributed by atoms with Gasteiger partial charge in [0.25, 0.3) is 0 Å². The Morgan fingerprint density at radius 1 is 1.22 bits per heavy atom. The number of allylic oxidation sites excluding steroid dienone is 1. The van der Waals surface area contributed by atoms with Crippen LogP contribution in [0.25, 0.3) is 0 Å². The summed E-state index contributed by atoms with van der Waals surface area (Å²) in [5.74, 6) is -2.73. The van der Waals surface area contributed by atoms with E-state index in [9.17, 15) is 22.8 Å². The van der Waals surface area contributed by atoms with Crippen LogP contribution >= 0.6 is 11.6 Å². The molecule has 0 aromatic carbocycles. The largest absolute Gasteiger partial charge is 0.471 e. The Kier molecular flexibility index (Phi) is 9.53. The number of carbonyl (C=O) groups is 2. The highest BCUT2D eigenvalue weighted by Crippen LogP contribution is 2.16. The second-order valence-corrected chi connectivity index (χ2v) is 12.2. The fourth-order valence-electron chi connectivity index (χ4n) is 1.39. The highest BCUT2D eigenvalue weighted by Gasteiger charge is 2.39. The zero-order valence-electron chi connectivity index (χ0n) is 13.6. The van der Waals surface area contributed by atoms with Gasteiger partial charge in [0.1, 0.15) is 5.70 Å². The summed E-state index contributed by atoms with van der Waals surface area (Å²) in [6.45, 7) is 6.36. The van der Waals surface area contributed by atoms with Gasteiger partial charge in [-0.05, 0) is 25.3 Å². The van der Waals surface area contributed by atoms with E-state index < -0.39 is 31.8 Å². The van der Waals surface area contributed by atoms with E-state index in [1.807, 2.05) is 0 Å². The van der Waals surface area contributed by atoms with Crippen molar-refractivity contribution in [2.75, 3.05) is 12.5 Å². The first-order valence-corrected chi connectivity index (χ1v) is 11.5. The molecule has 0 rings (SSSR count). The highest BCUT2D eigenvalue weighted by molar-refractivity contribution is 6.76. The van der Waals surface area contributed by atoms with Crippen molar-refractivity contribution < 1.29 is 27.5 Å². The Morgan fingerprint density at radius 3 is 2.30 bits per heavy atom. The molecule has 0 aromatic heterocycles. The summed E-state index contributed by atoms with van der Waals surface area (Å²) in [6, 6.07) is 0.686. The van der Waals surface area contributed by atoms with Crippen LogP contribution < -0.4 is 5.32 Å². The van der Waals surface area contributed by atoms with Gasteiger partial charge in [0.15, 0.2) is 0 Å². The van der Waals surface area contributed by atoms with Crippen molar-refractivity contribution in [3.8, 4) is 0 Å². The van der Waals surface area contributed by atoms with E-state index in [2.05, 4.69) is 19.6 Å². The number of alkyl halides is 4. The Bertz CT molecular complexity index is 434. The van der Waals surface area contributed by atoms with Gasteiger partial charge in [-0.25, -0.2) is 4.79 Å². The topological polar surface area (TPSA) is 55.4 Å². The van der Waals surface area contributed by atoms with Crippen molar-refractivity contribution in [2.45, 2.75) is 51.1 Å². The van der Waals surface area contributed by atoms with Crippen molar-refractivity contribution in [1.29, 1.82) is 0 Å². The van der Waals surface area contributed by atoms with E-state index in [4.69, 9.17) is 16.3 Å². The predicted octanol–water partition coefficient (Wildman–Crippen LogP) is 3.84. The lowest BCUT2D eigenvalue weighted by Gasteiger charge is -2.16. The van der Waals surface area contributed by atoms with Gasteiger partial charge in [-0.3, -0.25) is 4.79 Å². The molecule has 1 amide bonds. The van der Waals surface area contributed by atoms with E-state index in [1.165, 1.54) is 6.08 Å². The Balaban J connectivity index is 4.76. The van der Waals surface area contributed by atoms with Crippen LogP contribution in [-0.2, 0) is 14.3 Å². The van der Waals surface area contributed by atoms with E-state index in [1.54, 1.807) is 5.32 Å². The number of hydrogen-bond donors (Lipinski definition) is 1. The molecule has 0 saturated heterocycles. The van der Waals surface area contributed by atoms with Gasteiger partial charge in [0.2, 0.25) is 0 Å². The molecule has 0 aromatic rings. The van der Waals surface area contributed by atoms with Crippen molar-refractivity contribution in [1.82, 2.24) is 5.32 Å². The molecule has 0 aliphatic carbocycles. The quantitative estimate of drug-likeness (QED) is 0.220. The normalized spacial score (nSPS) is 12.9. The molecule has 0 spiro atoms. The Labute approximate surface area is 140 Å². The Hall–Kier alpha value is -1.02. The summed E-state index contributed by atoms with van der Waals surface area (Å²) < 4.78 is 41.9. The third-order valence-corrected chi connectivity index (χ3v) is 4.72. The van der Waals surface area contributed by atoms with Crippen LogP contribution in [0.3, 0.4) is 0 Å². The van der Waals surface area contributed by atoms with Gasteiger partial charge in [-0.2, -0.15) is 13.2 Å². The van der Waals surface area contributed by atoms with E-state index in [0.717, 1.165) is 0 Å². The molecule has 23 heavy (non-hydrogen) atoms. The van der Waals surface area contributed by atoms with Crippen LogP contribution in [0.2, 0.25) is 25.7 Å². The molecule has 0 aliphatic rings. The molecular weight excluding hydrogens is 351 g/mol. The van der Waals surface area contributed by atoms with Crippen molar-refractivity contribution in [3.63, 3.8) is 0 Å². The molecule has 0 unspecified atom stereocenters. The van der Waals surface area contributed by atoms with Crippen LogP contribution in [-0.4, -0.2) is 38.6 Å². The van der Waals surface area contributed by atoms with Crippen LogP contribution in [0.1, 0.15) is 19.3 Å². The molecule has 0 aliphatic heterocycles. The van der Waals surface area contributed by atoms with Crippen molar-refractivity contribution in [3.05, 3.63) is 11.8 Å². The third kappa shape index (κ3) is 11.2. The first kappa shape index (κ1) is 22.0. The van der Waals surface area contributed by atoms with Crippen LogP contribution in [0.4, 0.5) is 13.2 Å². The highest BCUT2D eigenvalue weighted by atomic mass is 35.5. The van der Waals surface area contributed by atoms with E-state index in [0.29, 0.717) is 31.2 Å². The number of unbranched alkanes of at least 4 members (excludes halogenated alkanes) is 2. The van der Waals surface area contributed by atoms with Gasteiger partial charge in [-0.1, -0.05) is 25.7 Å². The molecule has 9 heteroatoms. The number of nitrogens with one attached hydrogen (secondary N) is 1. The molecule has 0 fully saturated rings. The number of ether oxygens (including phenoxy) is 1. The second kappa shape index (κ2) is 9.97. The minimum absolute atomic E-state index is 0.120. The van der Waals surface area contributed by atoms with E-state index >= 15 is 0 Å². The van der Waals surface area contributed by atoms with Gasteiger partial charge >= 0.3 is 18.1 Å². The van der Waals surface area contributed by atoms with Crippen LogP contribution in [0.15, 0.2) is 11.8 Å². The average molecular weight is 374 g/mol. The minimum Gasteiger partial charge on any atom is -0.461 e. The lowest BCUT2D eigenvalue weighted by atomic mass is 10.2.